The molecule has 5 nitrogen and oxygen atoms in total. The molecule has 0 unspecified atom stereocenters. The number of aromatic nitrogens is 2. The van der Waals surface area contributed by atoms with Crippen molar-refractivity contribution < 1.29 is 9.15 Å². The maximum Gasteiger partial charge on any atom is 0.250 e. The third-order valence-corrected chi connectivity index (χ3v) is 3.12. The number of ether oxygens (including phenoxy) is 1. The van der Waals surface area contributed by atoms with Crippen LogP contribution >= 0.6 is 0 Å². The quantitative estimate of drug-likeness (QED) is 0.738. The van der Waals surface area contributed by atoms with Gasteiger partial charge in [-0.25, -0.2) is 4.98 Å². The van der Waals surface area contributed by atoms with Crippen LogP contribution in [0.1, 0.15) is 5.69 Å². The van der Waals surface area contributed by atoms with Gasteiger partial charge in [-0.2, -0.15) is 0 Å². The number of hydrogen-bond acceptors (Lipinski definition) is 4. The second-order valence-electron chi connectivity index (χ2n) is 4.54. The van der Waals surface area contributed by atoms with Crippen molar-refractivity contribution in [2.45, 2.75) is 6.54 Å². The van der Waals surface area contributed by atoms with Crippen LogP contribution in [0.4, 0.5) is 0 Å². The van der Waals surface area contributed by atoms with E-state index in [1.165, 1.54) is 6.07 Å². The summed E-state index contributed by atoms with van der Waals surface area (Å²) in [5, 5.41) is 0. The summed E-state index contributed by atoms with van der Waals surface area (Å²) < 4.78 is 12.2. The minimum atomic E-state index is -0.0634. The summed E-state index contributed by atoms with van der Waals surface area (Å²) in [6.07, 6.45) is 3.29. The van der Waals surface area contributed by atoms with Crippen LogP contribution in [0.25, 0.3) is 11.5 Å². The van der Waals surface area contributed by atoms with Gasteiger partial charge in [0.2, 0.25) is 5.89 Å². The summed E-state index contributed by atoms with van der Waals surface area (Å²) >= 11 is 0. The van der Waals surface area contributed by atoms with Crippen LogP contribution in [0.5, 0.6) is 5.75 Å². The van der Waals surface area contributed by atoms with E-state index in [1.807, 2.05) is 30.3 Å². The van der Waals surface area contributed by atoms with Gasteiger partial charge in [0.15, 0.2) is 0 Å². The third-order valence-electron chi connectivity index (χ3n) is 3.12. The Morgan fingerprint density at radius 2 is 2.00 bits per heavy atom. The fourth-order valence-electron chi connectivity index (χ4n) is 2.01. The predicted octanol–water partition coefficient (Wildman–Crippen LogP) is 2.56. The lowest BCUT2D eigenvalue weighted by molar-refractivity contribution is 0.415. The van der Waals surface area contributed by atoms with E-state index in [4.69, 9.17) is 9.15 Å². The number of oxazole rings is 1. The second kappa shape index (κ2) is 5.66. The lowest BCUT2D eigenvalue weighted by Gasteiger charge is -2.01. The summed E-state index contributed by atoms with van der Waals surface area (Å²) in [5.74, 6) is 1.30. The molecule has 5 heteroatoms. The summed E-state index contributed by atoms with van der Waals surface area (Å²) in [6.45, 7) is 0.388. The summed E-state index contributed by atoms with van der Waals surface area (Å²) in [6, 6.07) is 12.5. The first kappa shape index (κ1) is 13.2. The average molecular weight is 282 g/mol. The molecule has 3 aromatic rings. The van der Waals surface area contributed by atoms with Gasteiger partial charge in [0.05, 0.1) is 19.3 Å². The second-order valence-corrected chi connectivity index (χ2v) is 4.54. The summed E-state index contributed by atoms with van der Waals surface area (Å²) in [4.78, 5) is 16.1. The lowest BCUT2D eigenvalue weighted by atomic mass is 10.2. The molecule has 0 bridgehead atoms. The maximum atomic E-state index is 11.7. The highest BCUT2D eigenvalue weighted by atomic mass is 16.5. The lowest BCUT2D eigenvalue weighted by Crippen LogP contribution is -2.18. The van der Waals surface area contributed by atoms with E-state index in [0.29, 0.717) is 18.1 Å². The first-order valence-corrected chi connectivity index (χ1v) is 6.50. The number of nitrogens with zero attached hydrogens (tertiary/aromatic N) is 2. The predicted molar refractivity (Wildman–Crippen MR) is 78.3 cm³/mol. The monoisotopic (exact) mass is 282 g/mol. The topological polar surface area (TPSA) is 57.3 Å². The Labute approximate surface area is 121 Å². The molecule has 1 aromatic carbocycles. The van der Waals surface area contributed by atoms with Gasteiger partial charge >= 0.3 is 0 Å². The smallest absolute Gasteiger partial charge is 0.250 e. The average Bonchev–Trinajstić information content (AvgIpc) is 2.98. The molecule has 3 rings (SSSR count). The van der Waals surface area contributed by atoms with E-state index in [2.05, 4.69) is 4.98 Å². The molecule has 0 radical (unpaired) electrons. The summed E-state index contributed by atoms with van der Waals surface area (Å²) in [5.41, 5.74) is 1.50. The van der Waals surface area contributed by atoms with Crippen LogP contribution in [-0.2, 0) is 6.54 Å². The van der Waals surface area contributed by atoms with Gasteiger partial charge in [-0.15, -0.1) is 0 Å². The van der Waals surface area contributed by atoms with Crippen LogP contribution in [-0.4, -0.2) is 16.7 Å². The first-order valence-electron chi connectivity index (χ1n) is 6.50. The Kier molecular flexibility index (Phi) is 3.55. The zero-order valence-electron chi connectivity index (χ0n) is 11.5. The van der Waals surface area contributed by atoms with E-state index in [-0.39, 0.29) is 5.56 Å². The van der Waals surface area contributed by atoms with E-state index in [0.717, 1.165) is 11.3 Å². The summed E-state index contributed by atoms with van der Waals surface area (Å²) in [7, 11) is 1.62. The molecule has 106 valence electrons. The molecule has 2 heterocycles. The number of methoxy groups -OCH3 is 1. The van der Waals surface area contributed by atoms with Gasteiger partial charge < -0.3 is 13.7 Å². The molecule has 0 aliphatic rings. The zero-order chi connectivity index (χ0) is 14.7. The van der Waals surface area contributed by atoms with Crippen LogP contribution in [0.15, 0.2) is 64.1 Å². The fraction of sp³-hybridized carbons (Fsp3) is 0.125. The molecule has 2 aromatic heterocycles. The number of benzene rings is 1. The van der Waals surface area contributed by atoms with Crippen molar-refractivity contribution in [3.63, 3.8) is 0 Å². The Morgan fingerprint density at radius 1 is 1.19 bits per heavy atom. The fourth-order valence-corrected chi connectivity index (χ4v) is 2.01. The van der Waals surface area contributed by atoms with Gasteiger partial charge in [-0.05, 0) is 30.3 Å². The molecule has 0 aliphatic heterocycles. The zero-order valence-corrected chi connectivity index (χ0v) is 11.5. The van der Waals surface area contributed by atoms with Crippen molar-refractivity contribution in [1.82, 2.24) is 9.55 Å². The van der Waals surface area contributed by atoms with Gasteiger partial charge in [0.25, 0.3) is 5.56 Å². The normalized spacial score (nSPS) is 10.5. The van der Waals surface area contributed by atoms with Crippen molar-refractivity contribution in [1.29, 1.82) is 0 Å². The highest BCUT2D eigenvalue weighted by Gasteiger charge is 2.07. The highest BCUT2D eigenvalue weighted by Crippen LogP contribution is 2.21. The molecular weight excluding hydrogens is 268 g/mol. The molecule has 0 fully saturated rings. The molecule has 0 spiro atoms. The largest absolute Gasteiger partial charge is 0.497 e. The van der Waals surface area contributed by atoms with Crippen LogP contribution in [0.3, 0.4) is 0 Å². The number of pyridine rings is 1. The Morgan fingerprint density at radius 3 is 2.71 bits per heavy atom. The molecule has 0 atom stereocenters. The van der Waals surface area contributed by atoms with Crippen molar-refractivity contribution in [3.8, 4) is 17.2 Å². The van der Waals surface area contributed by atoms with Gasteiger partial charge in [0.1, 0.15) is 12.0 Å². The Balaban J connectivity index is 1.83. The van der Waals surface area contributed by atoms with Gasteiger partial charge in [0, 0.05) is 17.8 Å². The van der Waals surface area contributed by atoms with E-state index in [1.54, 1.807) is 30.2 Å². The van der Waals surface area contributed by atoms with Crippen LogP contribution < -0.4 is 10.3 Å². The minimum absolute atomic E-state index is 0.0634. The molecule has 0 amide bonds. The van der Waals surface area contributed by atoms with E-state index >= 15 is 0 Å². The molecule has 21 heavy (non-hydrogen) atoms. The van der Waals surface area contributed by atoms with Crippen molar-refractivity contribution in [2.24, 2.45) is 0 Å². The van der Waals surface area contributed by atoms with Gasteiger partial charge in [-0.3, -0.25) is 4.79 Å². The first-order chi connectivity index (χ1) is 10.3. The van der Waals surface area contributed by atoms with Gasteiger partial charge in [-0.1, -0.05) is 6.07 Å². The van der Waals surface area contributed by atoms with Crippen molar-refractivity contribution in [3.05, 3.63) is 71.0 Å². The highest BCUT2D eigenvalue weighted by molar-refractivity contribution is 5.54. The molecule has 0 saturated heterocycles. The molecular formula is C16H14N2O3. The Hall–Kier alpha value is -2.82. The van der Waals surface area contributed by atoms with Crippen LogP contribution in [0, 0.1) is 0 Å². The maximum absolute atomic E-state index is 11.7. The minimum Gasteiger partial charge on any atom is -0.497 e. The molecule has 0 saturated carbocycles. The van der Waals surface area contributed by atoms with Crippen molar-refractivity contribution >= 4 is 0 Å². The molecule has 0 aliphatic carbocycles. The number of rotatable bonds is 4. The molecule has 0 N–H and O–H groups in total. The SMILES string of the molecule is COc1ccc(-c2nc(Cn3ccccc3=O)co2)cc1. The van der Waals surface area contributed by atoms with E-state index in [9.17, 15) is 4.79 Å². The van der Waals surface area contributed by atoms with Crippen LogP contribution in [0.2, 0.25) is 0 Å². The van der Waals surface area contributed by atoms with Crippen molar-refractivity contribution in [2.75, 3.05) is 7.11 Å². The third kappa shape index (κ3) is 2.86. The Bertz CT molecular complexity index is 788. The van der Waals surface area contributed by atoms with E-state index < -0.39 is 0 Å². The number of hydrogen-bond donors (Lipinski definition) is 0. The standard InChI is InChI=1S/C16H14N2O3/c1-20-14-7-5-12(6-8-14)16-17-13(11-21-16)10-18-9-3-2-4-15(18)19/h2-9,11H,10H2,1H3.